The van der Waals surface area contributed by atoms with Crippen molar-refractivity contribution >= 4 is 23.8 Å². The standard InChI is InChI=1S/C28H40ClFN4O5/c1-38-33-26-18-14-21(16-9-7-5-3-2-4-6-8-10-16)34(27(18)32-15-31-26)28-24(37)23(36)25(39-28)22(35)17-11-12-20(30)19(29)13-17/h11-13,15-16,18,21-25,27-28,35-37H,2-10,14H2,1H3,(H,31,32,33)/t18?,21?,22-,23+,24-,25-,27?,28-/m1/s1. The van der Waals surface area contributed by atoms with Crippen LogP contribution in [0.1, 0.15) is 75.9 Å². The number of likely N-dealkylation sites (tertiary alicyclic amines) is 1. The van der Waals surface area contributed by atoms with Gasteiger partial charge in [-0.2, -0.15) is 0 Å². The molecule has 8 atom stereocenters. The smallest absolute Gasteiger partial charge is 0.142 e. The minimum absolute atomic E-state index is 0.0292. The fraction of sp³-hybridized carbons (Fsp3) is 0.714. The van der Waals surface area contributed by atoms with Crippen molar-refractivity contribution in [3.05, 3.63) is 34.6 Å². The lowest BCUT2D eigenvalue weighted by molar-refractivity contribution is -0.137. The van der Waals surface area contributed by atoms with Crippen molar-refractivity contribution in [2.45, 2.75) is 107 Å². The molecule has 0 spiro atoms. The number of ether oxygens (including phenoxy) is 1. The highest BCUT2D eigenvalue weighted by molar-refractivity contribution is 6.30. The van der Waals surface area contributed by atoms with Crippen LogP contribution in [0, 0.1) is 17.7 Å². The number of rotatable bonds is 5. The summed E-state index contributed by atoms with van der Waals surface area (Å²) < 4.78 is 20.0. The molecule has 0 aromatic heterocycles. The largest absolute Gasteiger partial charge is 0.387 e. The molecule has 1 saturated carbocycles. The third-order valence-electron chi connectivity index (χ3n) is 8.88. The zero-order chi connectivity index (χ0) is 27.5. The van der Waals surface area contributed by atoms with Gasteiger partial charge in [-0.05, 0) is 42.9 Å². The quantitative estimate of drug-likeness (QED) is 0.401. The van der Waals surface area contributed by atoms with Crippen LogP contribution < -0.4 is 5.48 Å². The topological polar surface area (TPSA) is 119 Å². The fourth-order valence-electron chi connectivity index (χ4n) is 6.89. The molecule has 1 aromatic rings. The number of nitrogens with zero attached hydrogens (tertiary/aromatic N) is 3. The molecule has 1 aromatic carbocycles. The minimum Gasteiger partial charge on any atom is -0.387 e. The first-order valence-corrected chi connectivity index (χ1v) is 14.6. The average molecular weight is 567 g/mol. The van der Waals surface area contributed by atoms with Gasteiger partial charge in [0.15, 0.2) is 0 Å². The number of nitrogens with one attached hydrogen (secondary N) is 1. The van der Waals surface area contributed by atoms with E-state index in [0.717, 1.165) is 38.2 Å². The molecule has 3 heterocycles. The molecule has 2 saturated heterocycles. The first kappa shape index (κ1) is 28.9. The molecule has 11 heteroatoms. The third-order valence-corrected chi connectivity index (χ3v) is 9.17. The molecule has 216 valence electrons. The molecule has 4 N–H and O–H groups in total. The van der Waals surface area contributed by atoms with Gasteiger partial charge in [-0.3, -0.25) is 15.3 Å². The van der Waals surface area contributed by atoms with Gasteiger partial charge in [-0.25, -0.2) is 14.3 Å². The van der Waals surface area contributed by atoms with Gasteiger partial charge in [-0.1, -0.05) is 62.6 Å². The number of fused-ring (bicyclic) bond motifs is 1. The summed E-state index contributed by atoms with van der Waals surface area (Å²) in [6.45, 7) is 0. The van der Waals surface area contributed by atoms with Crippen LogP contribution >= 0.6 is 11.6 Å². The van der Waals surface area contributed by atoms with Crippen LogP contribution in [0.3, 0.4) is 0 Å². The summed E-state index contributed by atoms with van der Waals surface area (Å²) in [5, 5.41) is 33.3. The van der Waals surface area contributed by atoms with Crippen molar-refractivity contribution in [1.29, 1.82) is 0 Å². The van der Waals surface area contributed by atoms with Crippen LogP contribution in [-0.2, 0) is 9.57 Å². The van der Waals surface area contributed by atoms with E-state index in [2.05, 4.69) is 15.4 Å². The van der Waals surface area contributed by atoms with E-state index in [4.69, 9.17) is 26.2 Å². The number of benzene rings is 1. The molecule has 0 amide bonds. The minimum atomic E-state index is -1.37. The number of amidine groups is 1. The Hall–Kier alpha value is -1.66. The SMILES string of the molecule is CONC1=NC=NC2C1CC(C1CCCCCCCCC1)N2[C@@H]1O[C@H]([C@H](O)c2ccc(F)c(Cl)c2)[C@@H](O)[C@H]1O. The second-order valence-electron chi connectivity index (χ2n) is 11.3. The third kappa shape index (κ3) is 6.02. The van der Waals surface area contributed by atoms with Crippen molar-refractivity contribution in [3.8, 4) is 0 Å². The van der Waals surface area contributed by atoms with Crippen LogP contribution in [0.2, 0.25) is 5.02 Å². The molecule has 1 aliphatic carbocycles. The lowest BCUT2D eigenvalue weighted by Crippen LogP contribution is -2.53. The molecule has 3 unspecified atom stereocenters. The molecule has 3 fully saturated rings. The Kier molecular flexibility index (Phi) is 9.54. The van der Waals surface area contributed by atoms with Gasteiger partial charge in [0.05, 0.1) is 18.1 Å². The van der Waals surface area contributed by atoms with E-state index in [0.29, 0.717) is 17.3 Å². The van der Waals surface area contributed by atoms with Gasteiger partial charge in [0, 0.05) is 6.04 Å². The predicted octanol–water partition coefficient (Wildman–Crippen LogP) is 3.71. The Morgan fingerprint density at radius 2 is 1.79 bits per heavy atom. The van der Waals surface area contributed by atoms with Crippen LogP contribution in [-0.4, -0.2) is 76.3 Å². The maximum absolute atomic E-state index is 13.7. The Labute approximate surface area is 234 Å². The Morgan fingerprint density at radius 1 is 1.10 bits per heavy atom. The van der Waals surface area contributed by atoms with Crippen LogP contribution in [0.4, 0.5) is 4.39 Å². The summed E-state index contributed by atoms with van der Waals surface area (Å²) in [6.07, 6.45) is 6.55. The van der Waals surface area contributed by atoms with Gasteiger partial charge in [0.2, 0.25) is 0 Å². The van der Waals surface area contributed by atoms with Gasteiger partial charge < -0.3 is 20.1 Å². The summed E-state index contributed by atoms with van der Waals surface area (Å²) in [5.74, 6) is 0.339. The first-order chi connectivity index (χ1) is 18.9. The molecular weight excluding hydrogens is 527 g/mol. The molecule has 39 heavy (non-hydrogen) atoms. The van der Waals surface area contributed by atoms with Crippen LogP contribution in [0.25, 0.3) is 0 Å². The second kappa shape index (κ2) is 12.9. The van der Waals surface area contributed by atoms with Gasteiger partial charge in [0.25, 0.3) is 0 Å². The number of aliphatic hydroxyl groups excluding tert-OH is 3. The molecule has 9 nitrogen and oxygen atoms in total. The molecule has 4 aliphatic rings. The van der Waals surface area contributed by atoms with E-state index in [1.54, 1.807) is 7.11 Å². The molecule has 5 rings (SSSR count). The van der Waals surface area contributed by atoms with E-state index in [-0.39, 0.29) is 23.1 Å². The van der Waals surface area contributed by atoms with E-state index >= 15 is 0 Å². The average Bonchev–Trinajstić information content (AvgIpc) is 3.46. The molecule has 3 aliphatic heterocycles. The van der Waals surface area contributed by atoms with Crippen molar-refractivity contribution < 1.29 is 29.3 Å². The number of hydroxylamine groups is 1. The van der Waals surface area contributed by atoms with Crippen molar-refractivity contribution in [2.75, 3.05) is 7.11 Å². The second-order valence-corrected chi connectivity index (χ2v) is 11.7. The zero-order valence-corrected chi connectivity index (χ0v) is 23.1. The lowest BCUT2D eigenvalue weighted by atomic mass is 9.84. The van der Waals surface area contributed by atoms with Crippen molar-refractivity contribution in [3.63, 3.8) is 0 Å². The summed E-state index contributed by atoms with van der Waals surface area (Å²) in [7, 11) is 1.54. The maximum atomic E-state index is 13.7. The predicted molar refractivity (Wildman–Crippen MR) is 146 cm³/mol. The summed E-state index contributed by atoms with van der Waals surface area (Å²) in [4.78, 5) is 16.4. The molecular formula is C28H40ClFN4O5. The first-order valence-electron chi connectivity index (χ1n) is 14.2. The molecule has 0 radical (unpaired) electrons. The normalized spacial score (nSPS) is 35.4. The highest BCUT2D eigenvalue weighted by Gasteiger charge is 2.57. The lowest BCUT2D eigenvalue weighted by Gasteiger charge is -2.39. The van der Waals surface area contributed by atoms with Crippen LogP contribution in [0.15, 0.2) is 28.2 Å². The summed E-state index contributed by atoms with van der Waals surface area (Å²) >= 11 is 5.94. The summed E-state index contributed by atoms with van der Waals surface area (Å²) in [6, 6.07) is 3.91. The van der Waals surface area contributed by atoms with Gasteiger partial charge in [-0.15, -0.1) is 0 Å². The monoisotopic (exact) mass is 566 g/mol. The Morgan fingerprint density at radius 3 is 2.46 bits per heavy atom. The number of aliphatic imine (C=N–C) groups is 2. The maximum Gasteiger partial charge on any atom is 0.142 e. The number of hydrogen-bond acceptors (Lipinski definition) is 9. The van der Waals surface area contributed by atoms with Gasteiger partial charge >= 0.3 is 0 Å². The fourth-order valence-corrected chi connectivity index (χ4v) is 7.08. The Bertz CT molecular complexity index is 1040. The number of halogens is 2. The highest BCUT2D eigenvalue weighted by Crippen LogP contribution is 2.45. The van der Waals surface area contributed by atoms with Crippen molar-refractivity contribution in [1.82, 2.24) is 10.4 Å². The number of hydrogen-bond donors (Lipinski definition) is 4. The van der Waals surface area contributed by atoms with E-state index in [9.17, 15) is 19.7 Å². The number of aliphatic hydroxyl groups is 3. The zero-order valence-electron chi connectivity index (χ0n) is 22.3. The van der Waals surface area contributed by atoms with Crippen LogP contribution in [0.5, 0.6) is 0 Å². The van der Waals surface area contributed by atoms with E-state index in [1.807, 2.05) is 0 Å². The Balaban J connectivity index is 1.43. The van der Waals surface area contributed by atoms with Crippen molar-refractivity contribution in [2.24, 2.45) is 21.8 Å². The highest BCUT2D eigenvalue weighted by atomic mass is 35.5. The molecule has 0 bridgehead atoms. The summed E-state index contributed by atoms with van der Waals surface area (Å²) in [5.41, 5.74) is 3.21. The van der Waals surface area contributed by atoms with E-state index in [1.165, 1.54) is 50.6 Å². The van der Waals surface area contributed by atoms with Gasteiger partial charge in [0.1, 0.15) is 54.8 Å². The van der Waals surface area contributed by atoms with E-state index < -0.39 is 36.5 Å².